The highest BCUT2D eigenvalue weighted by Crippen LogP contribution is 2.43. The van der Waals surface area contributed by atoms with E-state index in [0.29, 0.717) is 12.8 Å². The summed E-state index contributed by atoms with van der Waals surface area (Å²) in [6, 6.07) is 17.3. The van der Waals surface area contributed by atoms with Crippen molar-refractivity contribution >= 4 is 11.9 Å². The Morgan fingerprint density at radius 3 is 2.61 bits per heavy atom. The zero-order chi connectivity index (χ0) is 22.4. The van der Waals surface area contributed by atoms with E-state index in [0.717, 1.165) is 30.6 Å². The first-order chi connectivity index (χ1) is 14.8. The summed E-state index contributed by atoms with van der Waals surface area (Å²) in [5.41, 5.74) is 1.95. The van der Waals surface area contributed by atoms with Gasteiger partial charge < -0.3 is 20.4 Å². The molecule has 3 N–H and O–H groups in total. The normalized spacial score (nSPS) is 22.6. The van der Waals surface area contributed by atoms with Crippen LogP contribution in [0.15, 0.2) is 54.6 Å². The van der Waals surface area contributed by atoms with Crippen molar-refractivity contribution in [3.8, 4) is 5.75 Å². The molecule has 31 heavy (non-hydrogen) atoms. The molecular formula is C25H32N2O4. The lowest BCUT2D eigenvalue weighted by Crippen LogP contribution is -2.49. The molecule has 0 bridgehead atoms. The van der Waals surface area contributed by atoms with E-state index in [2.05, 4.69) is 30.3 Å². The van der Waals surface area contributed by atoms with Gasteiger partial charge in [0.05, 0.1) is 0 Å². The third kappa shape index (κ3) is 5.85. The number of carbonyl (C=O) groups excluding carboxylic acids is 1. The first kappa shape index (κ1) is 22.8. The number of hydrogen-bond acceptors (Lipinski definition) is 4. The minimum absolute atomic E-state index is 0.178. The van der Waals surface area contributed by atoms with Gasteiger partial charge in [0.25, 0.3) is 0 Å². The molecule has 2 unspecified atom stereocenters. The summed E-state index contributed by atoms with van der Waals surface area (Å²) in [5, 5.41) is 21.6. The number of phenolic OH excluding ortho intramolecular Hbond substituents is 1. The second-order valence-electron chi connectivity index (χ2n) is 8.91. The SMILES string of the molecule is CN1CCC(C)(c2cccc(O)c2)C(C[C@@H](Cc2ccccc2)C(=O)NCC(=O)O)C1. The van der Waals surface area contributed by atoms with Gasteiger partial charge in [0.1, 0.15) is 12.3 Å². The molecule has 1 saturated heterocycles. The van der Waals surface area contributed by atoms with Gasteiger partial charge in [-0.15, -0.1) is 0 Å². The summed E-state index contributed by atoms with van der Waals surface area (Å²) in [5.74, 6) is -1.18. The fraction of sp³-hybridized carbons (Fsp3) is 0.440. The van der Waals surface area contributed by atoms with E-state index in [1.165, 1.54) is 0 Å². The number of piperidine rings is 1. The minimum Gasteiger partial charge on any atom is -0.508 e. The van der Waals surface area contributed by atoms with E-state index in [1.54, 1.807) is 6.07 Å². The van der Waals surface area contributed by atoms with Crippen molar-refractivity contribution in [3.63, 3.8) is 0 Å². The third-order valence-electron chi connectivity index (χ3n) is 6.63. The van der Waals surface area contributed by atoms with Crippen molar-refractivity contribution in [1.82, 2.24) is 10.2 Å². The van der Waals surface area contributed by atoms with Gasteiger partial charge in [0.15, 0.2) is 0 Å². The topological polar surface area (TPSA) is 89.9 Å². The highest BCUT2D eigenvalue weighted by Gasteiger charge is 2.41. The molecule has 1 amide bonds. The van der Waals surface area contributed by atoms with E-state index in [1.807, 2.05) is 42.5 Å². The Morgan fingerprint density at radius 2 is 1.94 bits per heavy atom. The average molecular weight is 425 g/mol. The largest absolute Gasteiger partial charge is 0.508 e. The maximum Gasteiger partial charge on any atom is 0.322 e. The molecule has 0 saturated carbocycles. The Morgan fingerprint density at radius 1 is 1.19 bits per heavy atom. The molecule has 0 spiro atoms. The number of benzene rings is 2. The number of carbonyl (C=O) groups is 2. The maximum absolute atomic E-state index is 13.0. The van der Waals surface area contributed by atoms with Crippen LogP contribution >= 0.6 is 0 Å². The van der Waals surface area contributed by atoms with Crippen molar-refractivity contribution in [2.24, 2.45) is 11.8 Å². The van der Waals surface area contributed by atoms with Gasteiger partial charge in [-0.3, -0.25) is 9.59 Å². The van der Waals surface area contributed by atoms with Crippen LogP contribution in [-0.4, -0.2) is 53.7 Å². The molecule has 6 heteroatoms. The molecule has 1 fully saturated rings. The highest BCUT2D eigenvalue weighted by molar-refractivity contribution is 5.83. The molecule has 3 rings (SSSR count). The third-order valence-corrected chi connectivity index (χ3v) is 6.63. The van der Waals surface area contributed by atoms with Gasteiger partial charge in [-0.2, -0.15) is 0 Å². The summed E-state index contributed by atoms with van der Waals surface area (Å²) in [6.45, 7) is 3.62. The second kappa shape index (κ2) is 9.96. The lowest BCUT2D eigenvalue weighted by atomic mass is 9.64. The van der Waals surface area contributed by atoms with Crippen LogP contribution in [-0.2, 0) is 21.4 Å². The Hall–Kier alpha value is -2.86. The number of hydrogen-bond donors (Lipinski definition) is 3. The lowest BCUT2D eigenvalue weighted by molar-refractivity contribution is -0.138. The predicted octanol–water partition coefficient (Wildman–Crippen LogP) is 3.05. The number of amides is 1. The van der Waals surface area contributed by atoms with Crippen LogP contribution < -0.4 is 5.32 Å². The van der Waals surface area contributed by atoms with Crippen molar-refractivity contribution in [1.29, 1.82) is 0 Å². The monoisotopic (exact) mass is 424 g/mol. The number of phenols is 1. The van der Waals surface area contributed by atoms with Gasteiger partial charge in [0, 0.05) is 12.5 Å². The van der Waals surface area contributed by atoms with Crippen LogP contribution in [0, 0.1) is 11.8 Å². The Kier molecular flexibility index (Phi) is 7.33. The number of aliphatic carboxylic acids is 1. The van der Waals surface area contributed by atoms with Crippen LogP contribution in [0.4, 0.5) is 0 Å². The predicted molar refractivity (Wildman–Crippen MR) is 120 cm³/mol. The molecule has 6 nitrogen and oxygen atoms in total. The Labute approximate surface area is 183 Å². The molecule has 166 valence electrons. The summed E-state index contributed by atoms with van der Waals surface area (Å²) < 4.78 is 0. The van der Waals surface area contributed by atoms with Gasteiger partial charge in [0.2, 0.25) is 5.91 Å². The first-order valence-corrected chi connectivity index (χ1v) is 10.8. The number of carboxylic acids is 1. The standard InChI is InChI=1S/C25H32N2O4/c1-25(20-9-6-10-22(28)15-20)11-12-27(2)17-21(25)14-19(24(31)26-16-23(29)30)13-18-7-4-3-5-8-18/h3-10,15,19,21,28H,11-14,16-17H2,1-2H3,(H,26,31)(H,29,30)/t19-,21?,25?/m1/s1. The van der Waals surface area contributed by atoms with E-state index in [-0.39, 0.29) is 35.5 Å². The number of rotatable bonds is 8. The molecule has 0 radical (unpaired) electrons. The summed E-state index contributed by atoms with van der Waals surface area (Å²) in [7, 11) is 2.09. The maximum atomic E-state index is 13.0. The Balaban J connectivity index is 1.88. The number of carboxylic acid groups (broad SMARTS) is 1. The van der Waals surface area contributed by atoms with Crippen LogP contribution in [0.3, 0.4) is 0 Å². The van der Waals surface area contributed by atoms with Gasteiger partial charge in [-0.05, 0) is 67.4 Å². The minimum atomic E-state index is -1.05. The quantitative estimate of drug-likeness (QED) is 0.606. The molecule has 1 heterocycles. The number of likely N-dealkylation sites (tertiary alicyclic amines) is 1. The van der Waals surface area contributed by atoms with Crippen molar-refractivity contribution < 1.29 is 19.8 Å². The zero-order valence-electron chi connectivity index (χ0n) is 18.3. The van der Waals surface area contributed by atoms with E-state index < -0.39 is 5.97 Å². The number of aromatic hydroxyl groups is 1. The fourth-order valence-electron chi connectivity index (χ4n) is 4.70. The number of nitrogens with zero attached hydrogens (tertiary/aromatic N) is 1. The zero-order valence-corrected chi connectivity index (χ0v) is 18.3. The average Bonchev–Trinajstić information content (AvgIpc) is 2.75. The Bertz CT molecular complexity index is 901. The van der Waals surface area contributed by atoms with Crippen molar-refractivity contribution in [2.75, 3.05) is 26.7 Å². The number of nitrogens with one attached hydrogen (secondary N) is 1. The fourth-order valence-corrected chi connectivity index (χ4v) is 4.70. The molecule has 3 atom stereocenters. The van der Waals surface area contributed by atoms with Gasteiger partial charge in [-0.25, -0.2) is 0 Å². The second-order valence-corrected chi connectivity index (χ2v) is 8.91. The molecule has 0 aromatic heterocycles. The van der Waals surface area contributed by atoms with Gasteiger partial charge in [-0.1, -0.05) is 49.4 Å². The first-order valence-electron chi connectivity index (χ1n) is 10.8. The molecule has 0 aliphatic carbocycles. The summed E-state index contributed by atoms with van der Waals surface area (Å²) in [6.07, 6.45) is 2.12. The van der Waals surface area contributed by atoms with Crippen LogP contribution in [0.25, 0.3) is 0 Å². The van der Waals surface area contributed by atoms with Gasteiger partial charge >= 0.3 is 5.97 Å². The molecule has 1 aliphatic rings. The van der Waals surface area contributed by atoms with Crippen molar-refractivity contribution in [2.45, 2.75) is 31.6 Å². The molecular weight excluding hydrogens is 392 g/mol. The lowest BCUT2D eigenvalue weighted by Gasteiger charge is -2.46. The molecule has 2 aromatic rings. The van der Waals surface area contributed by atoms with Crippen molar-refractivity contribution in [3.05, 3.63) is 65.7 Å². The van der Waals surface area contributed by atoms with E-state index in [4.69, 9.17) is 5.11 Å². The van der Waals surface area contributed by atoms with E-state index in [9.17, 15) is 14.7 Å². The van der Waals surface area contributed by atoms with E-state index >= 15 is 0 Å². The summed E-state index contributed by atoms with van der Waals surface area (Å²) >= 11 is 0. The van der Waals surface area contributed by atoms with Crippen LogP contribution in [0.2, 0.25) is 0 Å². The smallest absolute Gasteiger partial charge is 0.322 e. The van der Waals surface area contributed by atoms with Crippen LogP contribution in [0.5, 0.6) is 5.75 Å². The summed E-state index contributed by atoms with van der Waals surface area (Å²) in [4.78, 5) is 26.3. The molecule has 2 aromatic carbocycles. The molecule has 1 aliphatic heterocycles. The highest BCUT2D eigenvalue weighted by atomic mass is 16.4. The van der Waals surface area contributed by atoms with Crippen LogP contribution in [0.1, 0.15) is 30.9 Å².